The van der Waals surface area contributed by atoms with Crippen molar-refractivity contribution in [2.45, 2.75) is 33.1 Å². The SMILES string of the molecule is CCN1CCC(CNC(=O)NC(=O)CC(C)CC(=O)O)C1. The monoisotopic (exact) mass is 299 g/mol. The minimum atomic E-state index is -0.943. The Morgan fingerprint density at radius 3 is 2.62 bits per heavy atom. The van der Waals surface area contributed by atoms with Crippen LogP contribution >= 0.6 is 0 Å². The number of nitrogens with one attached hydrogen (secondary N) is 2. The Morgan fingerprint density at radius 2 is 2.05 bits per heavy atom. The molecule has 2 atom stereocenters. The summed E-state index contributed by atoms with van der Waals surface area (Å²) in [6, 6.07) is -0.502. The molecule has 0 saturated carbocycles. The minimum Gasteiger partial charge on any atom is -0.481 e. The first-order valence-corrected chi connectivity index (χ1v) is 7.42. The molecule has 2 unspecified atom stereocenters. The summed E-state index contributed by atoms with van der Waals surface area (Å²) in [5.74, 6) is -1.25. The predicted octanol–water partition coefficient (Wildman–Crippen LogP) is 0.655. The van der Waals surface area contributed by atoms with E-state index in [1.807, 2.05) is 0 Å². The van der Waals surface area contributed by atoms with Crippen molar-refractivity contribution in [3.8, 4) is 0 Å². The summed E-state index contributed by atoms with van der Waals surface area (Å²) in [6.07, 6.45) is 1.01. The lowest BCUT2D eigenvalue weighted by Crippen LogP contribution is -2.42. The van der Waals surface area contributed by atoms with Gasteiger partial charge in [0.25, 0.3) is 0 Å². The zero-order valence-electron chi connectivity index (χ0n) is 12.7. The molecular formula is C14H25N3O4. The number of nitrogens with zero attached hydrogens (tertiary/aromatic N) is 1. The van der Waals surface area contributed by atoms with Crippen LogP contribution in [0.4, 0.5) is 4.79 Å². The van der Waals surface area contributed by atoms with Crippen molar-refractivity contribution in [2.24, 2.45) is 11.8 Å². The summed E-state index contributed by atoms with van der Waals surface area (Å²) < 4.78 is 0. The molecule has 120 valence electrons. The van der Waals surface area contributed by atoms with Crippen molar-refractivity contribution in [3.05, 3.63) is 0 Å². The molecule has 7 heteroatoms. The second-order valence-electron chi connectivity index (χ2n) is 5.71. The number of carboxylic acid groups (broad SMARTS) is 1. The number of hydrogen-bond acceptors (Lipinski definition) is 4. The van der Waals surface area contributed by atoms with Crippen LogP contribution in [0.5, 0.6) is 0 Å². The minimum absolute atomic E-state index is 0.0345. The molecule has 0 aromatic heterocycles. The number of imide groups is 1. The van der Waals surface area contributed by atoms with Gasteiger partial charge < -0.3 is 15.3 Å². The zero-order chi connectivity index (χ0) is 15.8. The Balaban J connectivity index is 2.18. The number of carboxylic acids is 1. The molecule has 0 spiro atoms. The van der Waals surface area contributed by atoms with Gasteiger partial charge in [-0.3, -0.25) is 14.9 Å². The highest BCUT2D eigenvalue weighted by molar-refractivity contribution is 5.94. The summed E-state index contributed by atoms with van der Waals surface area (Å²) in [5.41, 5.74) is 0. The second kappa shape index (κ2) is 8.61. The van der Waals surface area contributed by atoms with Crippen LogP contribution in [0, 0.1) is 11.8 Å². The molecule has 7 nitrogen and oxygen atoms in total. The highest BCUT2D eigenvalue weighted by atomic mass is 16.4. The highest BCUT2D eigenvalue weighted by Gasteiger charge is 2.22. The number of rotatable bonds is 7. The smallest absolute Gasteiger partial charge is 0.321 e. The van der Waals surface area contributed by atoms with Gasteiger partial charge >= 0.3 is 12.0 Å². The number of urea groups is 1. The summed E-state index contributed by atoms with van der Waals surface area (Å²) in [7, 11) is 0. The van der Waals surface area contributed by atoms with Gasteiger partial charge in [0.2, 0.25) is 5.91 Å². The summed E-state index contributed by atoms with van der Waals surface area (Å²) in [6.45, 7) is 7.38. The van der Waals surface area contributed by atoms with E-state index in [1.165, 1.54) is 0 Å². The van der Waals surface area contributed by atoms with Crippen LogP contribution in [0.3, 0.4) is 0 Å². The molecular weight excluding hydrogens is 274 g/mol. The van der Waals surface area contributed by atoms with E-state index in [4.69, 9.17) is 5.11 Å². The highest BCUT2D eigenvalue weighted by Crippen LogP contribution is 2.14. The maximum atomic E-state index is 11.6. The third-order valence-electron chi connectivity index (χ3n) is 3.68. The van der Waals surface area contributed by atoms with Crippen molar-refractivity contribution in [1.29, 1.82) is 0 Å². The lowest BCUT2D eigenvalue weighted by atomic mass is 10.0. The van der Waals surface area contributed by atoms with E-state index in [1.54, 1.807) is 6.92 Å². The molecule has 1 fully saturated rings. The van der Waals surface area contributed by atoms with Crippen LogP contribution in [0.15, 0.2) is 0 Å². The van der Waals surface area contributed by atoms with E-state index >= 15 is 0 Å². The van der Waals surface area contributed by atoms with Gasteiger partial charge in [0.05, 0.1) is 0 Å². The fourth-order valence-corrected chi connectivity index (χ4v) is 2.51. The van der Waals surface area contributed by atoms with Gasteiger partial charge in [-0.05, 0) is 31.3 Å². The zero-order valence-corrected chi connectivity index (χ0v) is 12.7. The number of carbonyl (C=O) groups excluding carboxylic acids is 2. The summed E-state index contributed by atoms with van der Waals surface area (Å²) >= 11 is 0. The average Bonchev–Trinajstić information content (AvgIpc) is 2.82. The summed E-state index contributed by atoms with van der Waals surface area (Å²) in [4.78, 5) is 36.0. The van der Waals surface area contributed by atoms with Crippen LogP contribution < -0.4 is 10.6 Å². The normalized spacial score (nSPS) is 20.0. The first-order chi connectivity index (χ1) is 9.90. The molecule has 0 radical (unpaired) electrons. The Hall–Kier alpha value is -1.63. The van der Waals surface area contributed by atoms with Crippen molar-refractivity contribution in [3.63, 3.8) is 0 Å². The molecule has 3 N–H and O–H groups in total. The van der Waals surface area contributed by atoms with E-state index in [0.717, 1.165) is 26.1 Å². The van der Waals surface area contributed by atoms with Crippen molar-refractivity contribution >= 4 is 17.9 Å². The van der Waals surface area contributed by atoms with Crippen molar-refractivity contribution in [1.82, 2.24) is 15.5 Å². The number of amides is 3. The van der Waals surface area contributed by atoms with Crippen LogP contribution in [-0.2, 0) is 9.59 Å². The maximum Gasteiger partial charge on any atom is 0.321 e. The third-order valence-corrected chi connectivity index (χ3v) is 3.68. The summed E-state index contributed by atoms with van der Waals surface area (Å²) in [5, 5.41) is 13.5. The lowest BCUT2D eigenvalue weighted by Gasteiger charge is -2.14. The van der Waals surface area contributed by atoms with E-state index < -0.39 is 17.9 Å². The van der Waals surface area contributed by atoms with Gasteiger partial charge in [0.1, 0.15) is 0 Å². The molecule has 3 amide bonds. The standard InChI is InChI=1S/C14H25N3O4/c1-3-17-5-4-11(9-17)8-15-14(21)16-12(18)6-10(2)7-13(19)20/h10-11H,3-9H2,1-2H3,(H,19,20)(H2,15,16,18,21). The van der Waals surface area contributed by atoms with E-state index in [9.17, 15) is 14.4 Å². The largest absolute Gasteiger partial charge is 0.481 e. The number of carbonyl (C=O) groups is 3. The fourth-order valence-electron chi connectivity index (χ4n) is 2.51. The molecule has 0 aliphatic carbocycles. The van der Waals surface area contributed by atoms with E-state index in [2.05, 4.69) is 22.5 Å². The fraction of sp³-hybridized carbons (Fsp3) is 0.786. The lowest BCUT2D eigenvalue weighted by molar-refractivity contribution is -0.138. The van der Waals surface area contributed by atoms with E-state index in [-0.39, 0.29) is 18.8 Å². The van der Waals surface area contributed by atoms with Crippen LogP contribution in [-0.4, -0.2) is 54.1 Å². The molecule has 1 aliphatic rings. The average molecular weight is 299 g/mol. The van der Waals surface area contributed by atoms with Gasteiger partial charge in [-0.2, -0.15) is 0 Å². The van der Waals surface area contributed by atoms with Crippen LogP contribution in [0.2, 0.25) is 0 Å². The number of hydrogen-bond donors (Lipinski definition) is 3. The van der Waals surface area contributed by atoms with Crippen molar-refractivity contribution in [2.75, 3.05) is 26.2 Å². The Bertz CT molecular complexity index is 386. The first kappa shape index (κ1) is 17.4. The Morgan fingerprint density at radius 1 is 1.33 bits per heavy atom. The number of aliphatic carboxylic acids is 1. The van der Waals surface area contributed by atoms with Crippen LogP contribution in [0.1, 0.15) is 33.1 Å². The molecule has 0 bridgehead atoms. The quantitative estimate of drug-likeness (QED) is 0.641. The topological polar surface area (TPSA) is 98.7 Å². The third kappa shape index (κ3) is 7.08. The molecule has 21 heavy (non-hydrogen) atoms. The molecule has 0 aromatic rings. The molecule has 0 aromatic carbocycles. The second-order valence-corrected chi connectivity index (χ2v) is 5.71. The van der Waals surface area contributed by atoms with Gasteiger partial charge in [0.15, 0.2) is 0 Å². The van der Waals surface area contributed by atoms with Gasteiger partial charge in [0, 0.05) is 25.9 Å². The van der Waals surface area contributed by atoms with E-state index in [0.29, 0.717) is 12.5 Å². The maximum absolute atomic E-state index is 11.6. The Kier molecular flexibility index (Phi) is 7.14. The van der Waals surface area contributed by atoms with Gasteiger partial charge in [-0.25, -0.2) is 4.79 Å². The molecule has 1 rings (SSSR count). The molecule has 1 aliphatic heterocycles. The van der Waals surface area contributed by atoms with Gasteiger partial charge in [-0.1, -0.05) is 13.8 Å². The van der Waals surface area contributed by atoms with Crippen LogP contribution in [0.25, 0.3) is 0 Å². The first-order valence-electron chi connectivity index (χ1n) is 7.42. The van der Waals surface area contributed by atoms with Gasteiger partial charge in [-0.15, -0.1) is 0 Å². The Labute approximate surface area is 125 Å². The number of likely N-dealkylation sites (tertiary alicyclic amines) is 1. The molecule has 1 saturated heterocycles. The predicted molar refractivity (Wildman–Crippen MR) is 77.8 cm³/mol. The molecule has 1 heterocycles. The van der Waals surface area contributed by atoms with Crippen molar-refractivity contribution < 1.29 is 19.5 Å².